The highest BCUT2D eigenvalue weighted by molar-refractivity contribution is 5.27. The molecule has 1 aromatic rings. The fourth-order valence-electron chi connectivity index (χ4n) is 2.14. The van der Waals surface area contributed by atoms with Gasteiger partial charge < -0.3 is 10.8 Å². The van der Waals surface area contributed by atoms with E-state index in [1.165, 1.54) is 12.1 Å². The van der Waals surface area contributed by atoms with E-state index in [9.17, 15) is 4.39 Å². The van der Waals surface area contributed by atoms with Crippen LogP contribution in [0.5, 0.6) is 5.75 Å². The van der Waals surface area contributed by atoms with Crippen molar-refractivity contribution in [1.29, 1.82) is 0 Å². The van der Waals surface area contributed by atoms with Crippen LogP contribution < -0.4 is 5.73 Å². The summed E-state index contributed by atoms with van der Waals surface area (Å²) in [5.41, 5.74) is 6.76. The number of benzene rings is 1. The van der Waals surface area contributed by atoms with Crippen LogP contribution in [0.2, 0.25) is 0 Å². The standard InChI is InChI=1S/C12H17FN2O/c13-11-6-9(3-4-12(11)16)7-15-5-1-2-10(14)8-15/h3-4,6,10,16H,1-2,5,7-8,14H2. The molecule has 1 fully saturated rings. The van der Waals surface area contributed by atoms with Crippen molar-refractivity contribution in [2.45, 2.75) is 25.4 Å². The lowest BCUT2D eigenvalue weighted by molar-refractivity contribution is 0.201. The first-order valence-corrected chi connectivity index (χ1v) is 5.60. The molecular formula is C12H17FN2O. The second-order valence-electron chi connectivity index (χ2n) is 4.42. The Morgan fingerprint density at radius 1 is 1.50 bits per heavy atom. The second kappa shape index (κ2) is 4.80. The van der Waals surface area contributed by atoms with Crippen LogP contribution in [0.4, 0.5) is 4.39 Å². The quantitative estimate of drug-likeness (QED) is 0.799. The molecule has 0 amide bonds. The Balaban J connectivity index is 2.00. The van der Waals surface area contributed by atoms with E-state index in [0.29, 0.717) is 6.54 Å². The molecule has 1 saturated heterocycles. The number of aromatic hydroxyl groups is 1. The highest BCUT2D eigenvalue weighted by atomic mass is 19.1. The molecule has 3 nitrogen and oxygen atoms in total. The third kappa shape index (κ3) is 2.71. The van der Waals surface area contributed by atoms with Gasteiger partial charge in [-0.25, -0.2) is 4.39 Å². The molecule has 2 rings (SSSR count). The smallest absolute Gasteiger partial charge is 0.165 e. The van der Waals surface area contributed by atoms with E-state index in [0.717, 1.165) is 31.5 Å². The van der Waals surface area contributed by atoms with Gasteiger partial charge in [0, 0.05) is 19.1 Å². The van der Waals surface area contributed by atoms with Gasteiger partial charge in [0.2, 0.25) is 0 Å². The molecule has 0 spiro atoms. The molecule has 0 aliphatic carbocycles. The number of hydrogen-bond acceptors (Lipinski definition) is 3. The molecule has 88 valence electrons. The summed E-state index contributed by atoms with van der Waals surface area (Å²) in [6, 6.07) is 4.76. The van der Waals surface area contributed by atoms with Gasteiger partial charge in [-0.05, 0) is 37.1 Å². The van der Waals surface area contributed by atoms with Crippen LogP contribution in [-0.4, -0.2) is 29.1 Å². The lowest BCUT2D eigenvalue weighted by Gasteiger charge is -2.30. The van der Waals surface area contributed by atoms with Crippen LogP contribution in [0.3, 0.4) is 0 Å². The fraction of sp³-hybridized carbons (Fsp3) is 0.500. The zero-order valence-corrected chi connectivity index (χ0v) is 9.19. The number of rotatable bonds is 2. The van der Waals surface area contributed by atoms with Crippen molar-refractivity contribution in [3.05, 3.63) is 29.6 Å². The van der Waals surface area contributed by atoms with E-state index in [4.69, 9.17) is 10.8 Å². The van der Waals surface area contributed by atoms with Gasteiger partial charge in [0.15, 0.2) is 11.6 Å². The highest BCUT2D eigenvalue weighted by Crippen LogP contribution is 2.18. The Morgan fingerprint density at radius 3 is 3.00 bits per heavy atom. The molecule has 0 aromatic heterocycles. The summed E-state index contributed by atoms with van der Waals surface area (Å²) in [4.78, 5) is 2.22. The molecular weight excluding hydrogens is 207 g/mol. The minimum absolute atomic E-state index is 0.232. The average Bonchev–Trinajstić information content (AvgIpc) is 2.24. The zero-order valence-electron chi connectivity index (χ0n) is 9.19. The maximum absolute atomic E-state index is 13.1. The van der Waals surface area contributed by atoms with Crippen molar-refractivity contribution in [2.24, 2.45) is 5.73 Å². The summed E-state index contributed by atoms with van der Waals surface area (Å²) >= 11 is 0. The molecule has 1 heterocycles. The van der Waals surface area contributed by atoms with Gasteiger partial charge in [0.05, 0.1) is 0 Å². The summed E-state index contributed by atoms with van der Waals surface area (Å²) in [6.45, 7) is 2.57. The number of piperidine rings is 1. The van der Waals surface area contributed by atoms with Crippen LogP contribution >= 0.6 is 0 Å². The van der Waals surface area contributed by atoms with Crippen molar-refractivity contribution in [2.75, 3.05) is 13.1 Å². The van der Waals surface area contributed by atoms with Gasteiger partial charge in [0.25, 0.3) is 0 Å². The predicted octanol–water partition coefficient (Wildman–Crippen LogP) is 1.45. The minimum Gasteiger partial charge on any atom is -0.505 e. The van der Waals surface area contributed by atoms with Crippen molar-refractivity contribution in [1.82, 2.24) is 4.90 Å². The van der Waals surface area contributed by atoms with E-state index in [-0.39, 0.29) is 11.8 Å². The Hall–Kier alpha value is -1.13. The topological polar surface area (TPSA) is 49.5 Å². The maximum atomic E-state index is 13.1. The first-order valence-electron chi connectivity index (χ1n) is 5.60. The van der Waals surface area contributed by atoms with Crippen molar-refractivity contribution < 1.29 is 9.50 Å². The lowest BCUT2D eigenvalue weighted by atomic mass is 10.1. The SMILES string of the molecule is NC1CCCN(Cc2ccc(O)c(F)c2)C1. The van der Waals surface area contributed by atoms with Crippen LogP contribution in [0.25, 0.3) is 0 Å². The number of phenolic OH excluding ortho intramolecular Hbond substituents is 1. The molecule has 1 unspecified atom stereocenters. The van der Waals surface area contributed by atoms with Crippen molar-refractivity contribution in [3.8, 4) is 5.75 Å². The second-order valence-corrected chi connectivity index (χ2v) is 4.42. The Kier molecular flexibility index (Phi) is 3.41. The van der Waals surface area contributed by atoms with Gasteiger partial charge >= 0.3 is 0 Å². The minimum atomic E-state index is -0.557. The highest BCUT2D eigenvalue weighted by Gasteiger charge is 2.16. The van der Waals surface area contributed by atoms with Crippen molar-refractivity contribution >= 4 is 0 Å². The maximum Gasteiger partial charge on any atom is 0.165 e. The van der Waals surface area contributed by atoms with Crippen LogP contribution in [0.15, 0.2) is 18.2 Å². The number of nitrogens with two attached hydrogens (primary N) is 1. The van der Waals surface area contributed by atoms with E-state index in [1.54, 1.807) is 6.07 Å². The monoisotopic (exact) mass is 224 g/mol. The van der Waals surface area contributed by atoms with Crippen LogP contribution in [0, 0.1) is 5.82 Å². The van der Waals surface area contributed by atoms with Gasteiger partial charge in [-0.2, -0.15) is 0 Å². The van der Waals surface area contributed by atoms with E-state index >= 15 is 0 Å². The first-order chi connectivity index (χ1) is 7.65. The molecule has 1 aliphatic heterocycles. The molecule has 1 aromatic carbocycles. The molecule has 1 aliphatic rings. The number of halogens is 1. The van der Waals surface area contributed by atoms with Gasteiger partial charge in [-0.3, -0.25) is 4.90 Å². The number of phenols is 1. The van der Waals surface area contributed by atoms with E-state index in [1.807, 2.05) is 0 Å². The third-order valence-electron chi connectivity index (χ3n) is 2.96. The molecule has 1 atom stereocenters. The normalized spacial score (nSPS) is 22.2. The Labute approximate surface area is 94.7 Å². The van der Waals surface area contributed by atoms with E-state index < -0.39 is 5.82 Å². The molecule has 0 radical (unpaired) electrons. The van der Waals surface area contributed by atoms with Crippen LogP contribution in [0.1, 0.15) is 18.4 Å². The lowest BCUT2D eigenvalue weighted by Crippen LogP contribution is -2.42. The number of hydrogen-bond donors (Lipinski definition) is 2. The Bertz CT molecular complexity index is 370. The van der Waals surface area contributed by atoms with Crippen LogP contribution in [-0.2, 0) is 6.54 Å². The molecule has 16 heavy (non-hydrogen) atoms. The molecule has 0 saturated carbocycles. The fourth-order valence-corrected chi connectivity index (χ4v) is 2.14. The van der Waals surface area contributed by atoms with Gasteiger partial charge in [-0.1, -0.05) is 6.07 Å². The first kappa shape index (κ1) is 11.4. The number of likely N-dealkylation sites (tertiary alicyclic amines) is 1. The summed E-state index contributed by atoms with van der Waals surface area (Å²) in [5, 5.41) is 9.08. The number of nitrogens with zero attached hydrogens (tertiary/aromatic N) is 1. The van der Waals surface area contributed by atoms with Gasteiger partial charge in [0.1, 0.15) is 0 Å². The molecule has 4 heteroatoms. The zero-order chi connectivity index (χ0) is 11.5. The molecule has 3 N–H and O–H groups in total. The summed E-state index contributed by atoms with van der Waals surface area (Å²) in [7, 11) is 0. The van der Waals surface area contributed by atoms with E-state index in [2.05, 4.69) is 4.90 Å². The summed E-state index contributed by atoms with van der Waals surface area (Å²) in [6.07, 6.45) is 2.17. The summed E-state index contributed by atoms with van der Waals surface area (Å²) in [5.74, 6) is -0.849. The largest absolute Gasteiger partial charge is 0.505 e. The predicted molar refractivity (Wildman–Crippen MR) is 60.6 cm³/mol. The van der Waals surface area contributed by atoms with Gasteiger partial charge in [-0.15, -0.1) is 0 Å². The van der Waals surface area contributed by atoms with Crippen molar-refractivity contribution in [3.63, 3.8) is 0 Å². The molecule has 0 bridgehead atoms. The Morgan fingerprint density at radius 2 is 2.31 bits per heavy atom. The summed E-state index contributed by atoms with van der Waals surface area (Å²) < 4.78 is 13.1. The average molecular weight is 224 g/mol. The third-order valence-corrected chi connectivity index (χ3v) is 2.96.